The summed E-state index contributed by atoms with van der Waals surface area (Å²) < 4.78 is 55.8. The van der Waals surface area contributed by atoms with Gasteiger partial charge < -0.3 is 0 Å². The molecular weight excluding hydrogens is 595 g/mol. The van der Waals surface area contributed by atoms with E-state index in [9.17, 15) is 8.22 Å². The molecule has 3 heterocycles. The van der Waals surface area contributed by atoms with E-state index in [1.165, 1.54) is 12.3 Å². The van der Waals surface area contributed by atoms with Gasteiger partial charge in [0.2, 0.25) is 0 Å². The third-order valence-corrected chi connectivity index (χ3v) is 8.50. The van der Waals surface area contributed by atoms with E-state index in [4.69, 9.17) is 0 Å². The van der Waals surface area contributed by atoms with Crippen LogP contribution in [0.3, 0.4) is 0 Å². The Kier molecular flexibility index (Phi) is 8.02. The number of aromatic nitrogens is 3. The number of hydrogen-bond acceptors (Lipinski definition) is 3. The normalized spacial score (nSPS) is 13.7. The van der Waals surface area contributed by atoms with E-state index in [2.05, 4.69) is 15.0 Å². The SMILES string of the molecule is [2H]C([2H])(Cc1ccc(-c2ccccc2)nc1)c1cc(CCc2ccc(-c3ccccc3)nc2)cc(C([2H])([2H])C([2H])([2H])c2cnc(-c3ccccc3)cc2C)c1. The van der Waals surface area contributed by atoms with Crippen molar-refractivity contribution >= 4 is 0 Å². The molecule has 0 aliphatic heterocycles. The lowest BCUT2D eigenvalue weighted by Crippen LogP contribution is -2.01. The van der Waals surface area contributed by atoms with Crippen LogP contribution < -0.4 is 0 Å². The molecule has 0 saturated carbocycles. The van der Waals surface area contributed by atoms with E-state index in [0.29, 0.717) is 35.2 Å². The van der Waals surface area contributed by atoms with Gasteiger partial charge in [-0.25, -0.2) is 0 Å². The van der Waals surface area contributed by atoms with Crippen molar-refractivity contribution < 1.29 is 8.22 Å². The van der Waals surface area contributed by atoms with Crippen LogP contribution in [-0.4, -0.2) is 15.0 Å². The second-order valence-electron chi connectivity index (χ2n) is 12.1. The van der Waals surface area contributed by atoms with Crippen LogP contribution in [0.1, 0.15) is 47.2 Å². The molecule has 240 valence electrons. The summed E-state index contributed by atoms with van der Waals surface area (Å²) in [5.74, 6) is 0. The smallest absolute Gasteiger partial charge is 0.0704 e. The predicted molar refractivity (Wildman–Crippen MR) is 202 cm³/mol. The molecule has 0 spiro atoms. The zero-order valence-corrected chi connectivity index (χ0v) is 27.5. The summed E-state index contributed by atoms with van der Waals surface area (Å²) in [5.41, 5.74) is 8.65. The van der Waals surface area contributed by atoms with Crippen LogP contribution >= 0.6 is 0 Å². The maximum Gasteiger partial charge on any atom is 0.0704 e. The third-order valence-electron chi connectivity index (χ3n) is 8.50. The van der Waals surface area contributed by atoms with Crippen molar-refractivity contribution in [2.45, 2.75) is 45.3 Å². The van der Waals surface area contributed by atoms with Crippen LogP contribution in [0.2, 0.25) is 0 Å². The van der Waals surface area contributed by atoms with Gasteiger partial charge in [0.05, 0.1) is 17.1 Å². The molecule has 0 amide bonds. The van der Waals surface area contributed by atoms with E-state index < -0.39 is 19.1 Å². The Labute approximate surface area is 298 Å². The molecule has 49 heavy (non-hydrogen) atoms. The van der Waals surface area contributed by atoms with Gasteiger partial charge in [-0.15, -0.1) is 0 Å². The van der Waals surface area contributed by atoms with E-state index in [1.54, 1.807) is 31.3 Å². The van der Waals surface area contributed by atoms with E-state index in [1.807, 2.05) is 121 Å². The molecule has 0 unspecified atom stereocenters. The average Bonchev–Trinajstić information content (AvgIpc) is 3.21. The van der Waals surface area contributed by atoms with Gasteiger partial charge in [0.25, 0.3) is 0 Å². The fraction of sp³-hybridized carbons (Fsp3) is 0.152. The quantitative estimate of drug-likeness (QED) is 0.133. The molecule has 0 fully saturated rings. The molecule has 0 saturated heterocycles. The predicted octanol–water partition coefficient (Wildman–Crippen LogP) is 10.5. The lowest BCUT2D eigenvalue weighted by atomic mass is 9.94. The largest absolute Gasteiger partial charge is 0.256 e. The number of rotatable bonds is 12. The highest BCUT2D eigenvalue weighted by Gasteiger charge is 2.09. The monoisotopic (exact) mass is 641 g/mol. The molecule has 3 heteroatoms. The lowest BCUT2D eigenvalue weighted by molar-refractivity contribution is 0.894. The molecule has 0 aliphatic carbocycles. The first-order chi connectivity index (χ1) is 26.4. The van der Waals surface area contributed by atoms with Gasteiger partial charge in [0, 0.05) is 43.5 Å². The topological polar surface area (TPSA) is 38.7 Å². The standard InChI is InChI=1S/C46H41N3/c1-34-27-46(42-15-9-4-10-16-42)49-33-43(34)24-21-39-29-37(19-17-35-22-25-44(47-31-35)40-11-5-2-6-12-40)28-38(30-39)20-18-36-23-26-45(48-32-36)41-13-7-3-8-14-41/h2-16,22-23,25-33H,17-21,24H2,1H3/i19D2,21D2,24D2. The summed E-state index contributed by atoms with van der Waals surface area (Å²) >= 11 is 0. The molecule has 3 nitrogen and oxygen atoms in total. The van der Waals surface area contributed by atoms with Crippen molar-refractivity contribution in [1.82, 2.24) is 15.0 Å². The summed E-state index contributed by atoms with van der Waals surface area (Å²) in [6.07, 6.45) is -0.962. The number of pyridine rings is 3. The number of nitrogens with zero attached hydrogens (tertiary/aromatic N) is 3. The van der Waals surface area contributed by atoms with Gasteiger partial charge in [0.15, 0.2) is 0 Å². The van der Waals surface area contributed by atoms with Crippen LogP contribution in [0.25, 0.3) is 33.8 Å². The molecule has 0 aliphatic rings. The van der Waals surface area contributed by atoms with Gasteiger partial charge in [0.1, 0.15) is 0 Å². The summed E-state index contributed by atoms with van der Waals surface area (Å²) in [6, 6.07) is 43.8. The molecule has 0 bridgehead atoms. The van der Waals surface area contributed by atoms with Crippen LogP contribution in [0, 0.1) is 6.92 Å². The average molecular weight is 642 g/mol. The zero-order valence-electron chi connectivity index (χ0n) is 33.5. The van der Waals surface area contributed by atoms with E-state index >= 15 is 0 Å². The Bertz CT molecular complexity index is 2370. The fourth-order valence-corrected chi connectivity index (χ4v) is 5.76. The van der Waals surface area contributed by atoms with Gasteiger partial charge in [-0.05, 0) is 102 Å². The summed E-state index contributed by atoms with van der Waals surface area (Å²) in [7, 11) is 0. The Morgan fingerprint density at radius 3 is 1.41 bits per heavy atom. The second-order valence-corrected chi connectivity index (χ2v) is 12.1. The van der Waals surface area contributed by atoms with Gasteiger partial charge in [-0.3, -0.25) is 15.0 Å². The van der Waals surface area contributed by atoms with E-state index in [-0.39, 0.29) is 23.1 Å². The molecular formula is C46H41N3. The molecule has 3 aromatic heterocycles. The number of aryl methyl sites for hydroxylation is 7. The summed E-state index contributed by atoms with van der Waals surface area (Å²) in [5, 5.41) is 0. The number of benzene rings is 4. The van der Waals surface area contributed by atoms with Crippen molar-refractivity contribution in [2.75, 3.05) is 0 Å². The maximum atomic E-state index is 9.37. The lowest BCUT2D eigenvalue weighted by Gasteiger charge is -2.12. The minimum absolute atomic E-state index is 0.00268. The maximum absolute atomic E-state index is 9.37. The Morgan fingerprint density at radius 1 is 0.408 bits per heavy atom. The Balaban J connectivity index is 1.21. The first-order valence-corrected chi connectivity index (χ1v) is 16.6. The van der Waals surface area contributed by atoms with Crippen LogP contribution in [0.5, 0.6) is 0 Å². The van der Waals surface area contributed by atoms with Crippen LogP contribution in [0.15, 0.2) is 158 Å². The molecule has 7 aromatic rings. The first-order valence-electron chi connectivity index (χ1n) is 19.6. The van der Waals surface area contributed by atoms with Crippen molar-refractivity contribution in [3.05, 3.63) is 197 Å². The molecule has 0 N–H and O–H groups in total. The summed E-state index contributed by atoms with van der Waals surface area (Å²) in [6.45, 7) is 1.77. The van der Waals surface area contributed by atoms with Crippen molar-refractivity contribution in [1.29, 1.82) is 0 Å². The van der Waals surface area contributed by atoms with Crippen molar-refractivity contribution in [3.8, 4) is 33.8 Å². The van der Waals surface area contributed by atoms with Gasteiger partial charge in [-0.1, -0.05) is 121 Å². The summed E-state index contributed by atoms with van der Waals surface area (Å²) in [4.78, 5) is 13.8. The molecule has 0 atom stereocenters. The zero-order chi connectivity index (χ0) is 38.6. The number of hydrogen-bond donors (Lipinski definition) is 0. The van der Waals surface area contributed by atoms with Crippen molar-refractivity contribution in [3.63, 3.8) is 0 Å². The Hall–Kier alpha value is -5.67. The highest BCUT2D eigenvalue weighted by molar-refractivity contribution is 5.61. The molecule has 7 rings (SSSR count). The van der Waals surface area contributed by atoms with Crippen LogP contribution in [0.4, 0.5) is 0 Å². The minimum Gasteiger partial charge on any atom is -0.256 e. The highest BCUT2D eigenvalue weighted by atomic mass is 14.7. The first kappa shape index (κ1) is 25.4. The molecule has 4 aromatic carbocycles. The van der Waals surface area contributed by atoms with Crippen molar-refractivity contribution in [2.24, 2.45) is 0 Å². The second kappa shape index (κ2) is 15.5. The van der Waals surface area contributed by atoms with E-state index in [0.717, 1.165) is 33.6 Å². The minimum atomic E-state index is -2.55. The molecule has 0 radical (unpaired) electrons. The third kappa shape index (κ3) is 8.44. The van der Waals surface area contributed by atoms with Crippen LogP contribution in [-0.2, 0) is 38.4 Å². The van der Waals surface area contributed by atoms with Gasteiger partial charge in [-0.2, -0.15) is 0 Å². The Morgan fingerprint density at radius 2 is 0.878 bits per heavy atom. The highest BCUT2D eigenvalue weighted by Crippen LogP contribution is 2.23. The van der Waals surface area contributed by atoms with Gasteiger partial charge >= 0.3 is 0 Å². The fourth-order valence-electron chi connectivity index (χ4n) is 5.76.